The van der Waals surface area contributed by atoms with Gasteiger partial charge in [-0.3, -0.25) is 5.32 Å². The lowest BCUT2D eigenvalue weighted by Gasteiger charge is -2.38. The molecular formula is C17H25NO4. The molecule has 2 aliphatic rings. The number of ether oxygens (including phenoxy) is 3. The molecule has 2 fully saturated rings. The second-order valence-corrected chi connectivity index (χ2v) is 6.58. The van der Waals surface area contributed by atoms with Gasteiger partial charge in [0.1, 0.15) is 17.9 Å². The lowest BCUT2D eigenvalue weighted by atomic mass is 9.77. The molecule has 0 spiro atoms. The van der Waals surface area contributed by atoms with E-state index in [1.165, 1.54) is 5.56 Å². The van der Waals surface area contributed by atoms with E-state index >= 15 is 0 Å². The average Bonchev–Trinajstić information content (AvgIpc) is 2.95. The van der Waals surface area contributed by atoms with Crippen LogP contribution >= 0.6 is 0 Å². The first-order valence-electron chi connectivity index (χ1n) is 7.77. The van der Waals surface area contributed by atoms with Gasteiger partial charge >= 0.3 is 0 Å². The zero-order chi connectivity index (χ0) is 15.8. The summed E-state index contributed by atoms with van der Waals surface area (Å²) in [7, 11) is 1.67. The Morgan fingerprint density at radius 2 is 2.05 bits per heavy atom. The summed E-state index contributed by atoms with van der Waals surface area (Å²) in [4.78, 5) is 0. The molecule has 2 aliphatic heterocycles. The predicted octanol–water partition coefficient (Wildman–Crippen LogP) is 1.30. The number of benzene rings is 1. The molecule has 0 saturated carbocycles. The maximum Gasteiger partial charge on any atom is 0.143 e. The number of hydrogen-bond donors (Lipinski definition) is 2. The van der Waals surface area contributed by atoms with Gasteiger partial charge in [-0.25, -0.2) is 0 Å². The van der Waals surface area contributed by atoms with Crippen molar-refractivity contribution in [1.82, 2.24) is 5.32 Å². The van der Waals surface area contributed by atoms with Gasteiger partial charge in [0.2, 0.25) is 0 Å². The van der Waals surface area contributed by atoms with Crippen molar-refractivity contribution in [2.75, 3.05) is 20.3 Å². The number of methoxy groups -OCH3 is 1. The molecule has 2 N–H and O–H groups in total. The maximum absolute atomic E-state index is 9.90. The number of aliphatic hydroxyl groups is 1. The summed E-state index contributed by atoms with van der Waals surface area (Å²) in [5, 5.41) is 13.3. The van der Waals surface area contributed by atoms with Crippen LogP contribution in [-0.2, 0) is 20.8 Å². The standard InChI is InChI=1S/C17H25NO4/c1-16(2)13(10-19)17(20-3)14(22-16)11-21-15(17)18-9-12-7-5-4-6-8-12/h4-8,13-15,18-19H,9-11H2,1-3H3/t13-,14-,15-,17+/m1/s1. The highest BCUT2D eigenvalue weighted by molar-refractivity contribution is 5.17. The molecule has 3 rings (SSSR count). The van der Waals surface area contributed by atoms with E-state index < -0.39 is 11.2 Å². The fourth-order valence-corrected chi connectivity index (χ4v) is 3.91. The molecule has 4 atom stereocenters. The fraction of sp³-hybridized carbons (Fsp3) is 0.647. The Kier molecular flexibility index (Phi) is 4.27. The first-order valence-corrected chi connectivity index (χ1v) is 7.77. The van der Waals surface area contributed by atoms with Gasteiger partial charge in [0.15, 0.2) is 0 Å². The first-order chi connectivity index (χ1) is 10.5. The smallest absolute Gasteiger partial charge is 0.143 e. The normalized spacial score (nSPS) is 36.5. The lowest BCUT2D eigenvalue weighted by Crippen LogP contribution is -2.58. The van der Waals surface area contributed by atoms with Crippen molar-refractivity contribution in [1.29, 1.82) is 0 Å². The molecule has 0 bridgehead atoms. The van der Waals surface area contributed by atoms with Gasteiger partial charge in [0, 0.05) is 19.6 Å². The summed E-state index contributed by atoms with van der Waals surface area (Å²) in [6.07, 6.45) is -0.473. The minimum absolute atomic E-state index is 0.00418. The average molecular weight is 307 g/mol. The van der Waals surface area contributed by atoms with E-state index in [-0.39, 0.29) is 24.9 Å². The highest BCUT2D eigenvalue weighted by Crippen LogP contribution is 2.50. The second kappa shape index (κ2) is 5.91. The van der Waals surface area contributed by atoms with Crippen LogP contribution in [0.1, 0.15) is 19.4 Å². The molecule has 5 nitrogen and oxygen atoms in total. The quantitative estimate of drug-likeness (QED) is 0.859. The molecule has 0 amide bonds. The van der Waals surface area contributed by atoms with Crippen molar-refractivity contribution < 1.29 is 19.3 Å². The molecule has 1 aromatic carbocycles. The summed E-state index contributed by atoms with van der Waals surface area (Å²) in [5.74, 6) is -0.147. The maximum atomic E-state index is 9.90. The van der Waals surface area contributed by atoms with Crippen molar-refractivity contribution in [3.63, 3.8) is 0 Å². The van der Waals surface area contributed by atoms with Crippen LogP contribution in [0.2, 0.25) is 0 Å². The van der Waals surface area contributed by atoms with E-state index in [0.29, 0.717) is 13.2 Å². The third-order valence-corrected chi connectivity index (χ3v) is 5.03. The van der Waals surface area contributed by atoms with Crippen molar-refractivity contribution in [2.45, 2.75) is 43.9 Å². The molecule has 22 heavy (non-hydrogen) atoms. The molecule has 122 valence electrons. The minimum atomic E-state index is -0.660. The number of aliphatic hydroxyl groups excluding tert-OH is 1. The highest BCUT2D eigenvalue weighted by Gasteiger charge is 2.67. The molecule has 0 unspecified atom stereocenters. The number of nitrogens with one attached hydrogen (secondary N) is 1. The van der Waals surface area contributed by atoms with Gasteiger partial charge in [-0.15, -0.1) is 0 Å². The number of rotatable bonds is 5. The summed E-state index contributed by atoms with van der Waals surface area (Å²) >= 11 is 0. The van der Waals surface area contributed by atoms with Crippen LogP contribution < -0.4 is 5.32 Å². The van der Waals surface area contributed by atoms with Gasteiger partial charge in [0.05, 0.1) is 18.8 Å². The van der Waals surface area contributed by atoms with Crippen LogP contribution in [0, 0.1) is 5.92 Å². The van der Waals surface area contributed by atoms with Gasteiger partial charge < -0.3 is 19.3 Å². The zero-order valence-corrected chi connectivity index (χ0v) is 13.4. The summed E-state index contributed by atoms with van der Waals surface area (Å²) in [5.41, 5.74) is 0.0818. The summed E-state index contributed by atoms with van der Waals surface area (Å²) < 4.78 is 17.9. The lowest BCUT2D eigenvalue weighted by molar-refractivity contribution is -0.126. The Hall–Kier alpha value is -0.980. The Morgan fingerprint density at radius 3 is 2.68 bits per heavy atom. The van der Waals surface area contributed by atoms with Crippen molar-refractivity contribution in [3.05, 3.63) is 35.9 Å². The molecule has 2 heterocycles. The third-order valence-electron chi connectivity index (χ3n) is 5.03. The van der Waals surface area contributed by atoms with Crippen molar-refractivity contribution in [2.24, 2.45) is 5.92 Å². The number of hydrogen-bond acceptors (Lipinski definition) is 5. The molecule has 5 heteroatoms. The van der Waals surface area contributed by atoms with Crippen molar-refractivity contribution >= 4 is 0 Å². The summed E-state index contributed by atoms with van der Waals surface area (Å²) in [6, 6.07) is 10.2. The van der Waals surface area contributed by atoms with E-state index in [1.807, 2.05) is 32.0 Å². The van der Waals surface area contributed by atoms with Gasteiger partial charge in [0.25, 0.3) is 0 Å². The monoisotopic (exact) mass is 307 g/mol. The first kappa shape index (κ1) is 15.9. The molecule has 2 saturated heterocycles. The number of fused-ring (bicyclic) bond motifs is 1. The van der Waals surface area contributed by atoms with Crippen molar-refractivity contribution in [3.8, 4) is 0 Å². The Labute approximate surface area is 131 Å². The largest absolute Gasteiger partial charge is 0.396 e. The van der Waals surface area contributed by atoms with E-state index in [2.05, 4.69) is 17.4 Å². The van der Waals surface area contributed by atoms with E-state index in [4.69, 9.17) is 14.2 Å². The fourth-order valence-electron chi connectivity index (χ4n) is 3.91. The molecular weight excluding hydrogens is 282 g/mol. The predicted molar refractivity (Wildman–Crippen MR) is 82.3 cm³/mol. The zero-order valence-electron chi connectivity index (χ0n) is 13.4. The van der Waals surface area contributed by atoms with Crippen LogP contribution in [0.25, 0.3) is 0 Å². The minimum Gasteiger partial charge on any atom is -0.396 e. The van der Waals surface area contributed by atoms with E-state index in [9.17, 15) is 5.11 Å². The van der Waals surface area contributed by atoms with E-state index in [0.717, 1.165) is 0 Å². The Morgan fingerprint density at radius 1 is 1.32 bits per heavy atom. The molecule has 1 aromatic rings. The van der Waals surface area contributed by atoms with Gasteiger partial charge in [-0.1, -0.05) is 30.3 Å². The van der Waals surface area contributed by atoms with Crippen LogP contribution in [0.5, 0.6) is 0 Å². The molecule has 0 aromatic heterocycles. The highest BCUT2D eigenvalue weighted by atomic mass is 16.6. The van der Waals surface area contributed by atoms with Gasteiger partial charge in [-0.05, 0) is 19.4 Å². The SMILES string of the molecule is CO[C@]12[C@H](NCc3ccccc3)OC[C@H]1OC(C)(C)[C@H]2CO. The van der Waals surface area contributed by atoms with Crippen LogP contribution in [0.15, 0.2) is 30.3 Å². The molecule has 0 aliphatic carbocycles. The van der Waals surface area contributed by atoms with E-state index in [1.54, 1.807) is 7.11 Å². The van der Waals surface area contributed by atoms with Crippen LogP contribution in [-0.4, -0.2) is 49.0 Å². The molecule has 0 radical (unpaired) electrons. The van der Waals surface area contributed by atoms with Crippen LogP contribution in [0.3, 0.4) is 0 Å². The second-order valence-electron chi connectivity index (χ2n) is 6.58. The Balaban J connectivity index is 1.80. The van der Waals surface area contributed by atoms with Crippen LogP contribution in [0.4, 0.5) is 0 Å². The topological polar surface area (TPSA) is 60.0 Å². The van der Waals surface area contributed by atoms with Gasteiger partial charge in [-0.2, -0.15) is 0 Å². The Bertz CT molecular complexity index is 507. The summed E-state index contributed by atoms with van der Waals surface area (Å²) in [6.45, 7) is 5.16. The third kappa shape index (κ3) is 2.37.